The summed E-state index contributed by atoms with van der Waals surface area (Å²) >= 11 is 0. The molecular weight excluding hydrogens is 252 g/mol. The van der Waals surface area contributed by atoms with Crippen LogP contribution < -0.4 is 0 Å². The van der Waals surface area contributed by atoms with Crippen molar-refractivity contribution >= 4 is 11.8 Å². The second kappa shape index (κ2) is 4.93. The zero-order chi connectivity index (χ0) is 14.1. The molecule has 100 valence electrons. The molecule has 3 nitrogen and oxygen atoms in total. The van der Waals surface area contributed by atoms with E-state index in [1.165, 1.54) is 0 Å². The lowest BCUT2D eigenvalue weighted by atomic mass is 9.98. The molecule has 0 amide bonds. The molecule has 1 atom stereocenters. The maximum Gasteiger partial charge on any atom is 0.339 e. The van der Waals surface area contributed by atoms with Gasteiger partial charge in [-0.05, 0) is 19.1 Å². The SMILES string of the molecule is Cc1cccc(C(=O)CC2OC(=O)c3ccccc32)c1. The van der Waals surface area contributed by atoms with Gasteiger partial charge in [0.15, 0.2) is 5.78 Å². The molecule has 0 aromatic heterocycles. The average molecular weight is 266 g/mol. The van der Waals surface area contributed by atoms with Gasteiger partial charge in [0.05, 0.1) is 12.0 Å². The third-order valence-electron chi connectivity index (χ3n) is 3.49. The summed E-state index contributed by atoms with van der Waals surface area (Å²) in [4.78, 5) is 24.0. The van der Waals surface area contributed by atoms with E-state index in [0.29, 0.717) is 11.1 Å². The molecule has 0 fully saturated rings. The molecule has 1 heterocycles. The number of Topliss-reactive ketones (excluding diaryl/α,β-unsaturated/α-hetero) is 1. The summed E-state index contributed by atoms with van der Waals surface area (Å²) in [5.41, 5.74) is 3.07. The maximum atomic E-state index is 12.3. The number of carbonyl (C=O) groups excluding carboxylic acids is 2. The highest BCUT2D eigenvalue weighted by Gasteiger charge is 2.32. The van der Waals surface area contributed by atoms with E-state index < -0.39 is 6.10 Å². The number of carbonyl (C=O) groups is 2. The Bertz CT molecular complexity index is 688. The molecule has 1 aliphatic heterocycles. The average Bonchev–Trinajstić information content (AvgIpc) is 2.76. The summed E-state index contributed by atoms with van der Waals surface area (Å²) in [7, 11) is 0. The zero-order valence-electron chi connectivity index (χ0n) is 11.1. The topological polar surface area (TPSA) is 43.4 Å². The molecule has 3 rings (SSSR count). The van der Waals surface area contributed by atoms with Gasteiger partial charge in [0, 0.05) is 11.1 Å². The molecule has 0 saturated carbocycles. The first-order valence-electron chi connectivity index (χ1n) is 6.55. The quantitative estimate of drug-likeness (QED) is 0.631. The molecule has 2 aromatic carbocycles. The van der Waals surface area contributed by atoms with Crippen LogP contribution in [0.15, 0.2) is 48.5 Å². The Morgan fingerprint density at radius 1 is 1.15 bits per heavy atom. The van der Waals surface area contributed by atoms with Gasteiger partial charge in [0.1, 0.15) is 6.10 Å². The van der Waals surface area contributed by atoms with Gasteiger partial charge in [0.2, 0.25) is 0 Å². The summed E-state index contributed by atoms with van der Waals surface area (Å²) in [6, 6.07) is 14.7. The highest BCUT2D eigenvalue weighted by molar-refractivity contribution is 5.99. The standard InChI is InChI=1S/C17H14O3/c1-11-5-4-6-12(9-11)15(18)10-16-13-7-2-3-8-14(13)17(19)20-16/h2-9,16H,10H2,1H3. The molecule has 0 aliphatic carbocycles. The molecule has 2 aromatic rings. The first-order valence-corrected chi connectivity index (χ1v) is 6.55. The van der Waals surface area contributed by atoms with E-state index in [2.05, 4.69) is 0 Å². The normalized spacial score (nSPS) is 16.6. The minimum Gasteiger partial charge on any atom is -0.453 e. The van der Waals surface area contributed by atoms with E-state index in [1.54, 1.807) is 18.2 Å². The van der Waals surface area contributed by atoms with Crippen molar-refractivity contribution in [1.82, 2.24) is 0 Å². The molecule has 0 bridgehead atoms. The highest BCUT2D eigenvalue weighted by atomic mass is 16.5. The third kappa shape index (κ3) is 2.23. The van der Waals surface area contributed by atoms with Crippen molar-refractivity contribution in [1.29, 1.82) is 0 Å². The number of ether oxygens (including phenoxy) is 1. The Morgan fingerprint density at radius 3 is 2.75 bits per heavy atom. The monoisotopic (exact) mass is 266 g/mol. The first-order chi connectivity index (χ1) is 9.65. The second-order valence-corrected chi connectivity index (χ2v) is 4.98. The van der Waals surface area contributed by atoms with E-state index in [9.17, 15) is 9.59 Å². The van der Waals surface area contributed by atoms with Crippen molar-refractivity contribution in [2.24, 2.45) is 0 Å². The van der Waals surface area contributed by atoms with Gasteiger partial charge in [-0.2, -0.15) is 0 Å². The number of hydrogen-bond acceptors (Lipinski definition) is 3. The van der Waals surface area contributed by atoms with Gasteiger partial charge in [-0.1, -0.05) is 42.0 Å². The fourth-order valence-electron chi connectivity index (χ4n) is 2.48. The van der Waals surface area contributed by atoms with Gasteiger partial charge >= 0.3 is 5.97 Å². The molecule has 0 spiro atoms. The predicted molar refractivity (Wildman–Crippen MR) is 74.7 cm³/mol. The zero-order valence-corrected chi connectivity index (χ0v) is 11.1. The molecule has 0 N–H and O–H groups in total. The van der Waals surface area contributed by atoms with E-state index in [1.807, 2.05) is 37.3 Å². The predicted octanol–water partition coefficient (Wildman–Crippen LogP) is 3.48. The minimum absolute atomic E-state index is 0.0109. The summed E-state index contributed by atoms with van der Waals surface area (Å²) < 4.78 is 5.29. The fraction of sp³-hybridized carbons (Fsp3) is 0.176. The van der Waals surface area contributed by atoms with Crippen LogP contribution in [0.4, 0.5) is 0 Å². The van der Waals surface area contributed by atoms with Gasteiger partial charge in [-0.3, -0.25) is 4.79 Å². The van der Waals surface area contributed by atoms with Crippen LogP contribution in [0, 0.1) is 6.92 Å². The third-order valence-corrected chi connectivity index (χ3v) is 3.49. The van der Waals surface area contributed by atoms with Crippen LogP contribution in [-0.2, 0) is 4.74 Å². The Kier molecular flexibility index (Phi) is 3.11. The summed E-state index contributed by atoms with van der Waals surface area (Å²) in [6.45, 7) is 1.95. The van der Waals surface area contributed by atoms with Crippen LogP contribution in [-0.4, -0.2) is 11.8 Å². The lowest BCUT2D eigenvalue weighted by molar-refractivity contribution is 0.0367. The van der Waals surface area contributed by atoms with Crippen LogP contribution in [0.1, 0.15) is 44.4 Å². The van der Waals surface area contributed by atoms with Crippen LogP contribution in [0.25, 0.3) is 0 Å². The van der Waals surface area contributed by atoms with Gasteiger partial charge in [-0.15, -0.1) is 0 Å². The van der Waals surface area contributed by atoms with E-state index in [4.69, 9.17) is 4.74 Å². The second-order valence-electron chi connectivity index (χ2n) is 4.98. The summed E-state index contributed by atoms with van der Waals surface area (Å²) in [5, 5.41) is 0. The number of rotatable bonds is 3. The Morgan fingerprint density at radius 2 is 1.95 bits per heavy atom. The van der Waals surface area contributed by atoms with Crippen LogP contribution in [0.3, 0.4) is 0 Å². The van der Waals surface area contributed by atoms with Gasteiger partial charge in [0.25, 0.3) is 0 Å². The van der Waals surface area contributed by atoms with E-state index in [-0.39, 0.29) is 18.2 Å². The van der Waals surface area contributed by atoms with Crippen molar-refractivity contribution in [3.63, 3.8) is 0 Å². The minimum atomic E-state index is -0.466. The van der Waals surface area contributed by atoms with E-state index >= 15 is 0 Å². The number of benzene rings is 2. The Hall–Kier alpha value is -2.42. The summed E-state index contributed by atoms with van der Waals surface area (Å²) in [5.74, 6) is -0.356. The molecule has 0 radical (unpaired) electrons. The number of esters is 1. The largest absolute Gasteiger partial charge is 0.453 e. The van der Waals surface area contributed by atoms with Crippen molar-refractivity contribution in [3.05, 3.63) is 70.8 Å². The number of aryl methyl sites for hydroxylation is 1. The number of fused-ring (bicyclic) bond motifs is 1. The molecule has 0 saturated heterocycles. The molecule has 3 heteroatoms. The molecular formula is C17H14O3. The van der Waals surface area contributed by atoms with Crippen molar-refractivity contribution in [2.45, 2.75) is 19.4 Å². The summed E-state index contributed by atoms with van der Waals surface area (Å²) in [6.07, 6.45) is -0.279. The van der Waals surface area contributed by atoms with E-state index in [0.717, 1.165) is 11.1 Å². The molecule has 1 unspecified atom stereocenters. The molecule has 1 aliphatic rings. The number of ketones is 1. The van der Waals surface area contributed by atoms with Crippen LogP contribution >= 0.6 is 0 Å². The Labute approximate surface area is 117 Å². The fourth-order valence-corrected chi connectivity index (χ4v) is 2.48. The van der Waals surface area contributed by atoms with Crippen LogP contribution in [0.5, 0.6) is 0 Å². The number of cyclic esters (lactones) is 1. The van der Waals surface area contributed by atoms with Gasteiger partial charge < -0.3 is 4.74 Å². The first kappa shape index (κ1) is 12.6. The van der Waals surface area contributed by atoms with Crippen molar-refractivity contribution < 1.29 is 14.3 Å². The maximum absolute atomic E-state index is 12.3. The highest BCUT2D eigenvalue weighted by Crippen LogP contribution is 2.33. The van der Waals surface area contributed by atoms with Crippen LogP contribution in [0.2, 0.25) is 0 Å². The van der Waals surface area contributed by atoms with Gasteiger partial charge in [-0.25, -0.2) is 4.79 Å². The smallest absolute Gasteiger partial charge is 0.339 e. The number of hydrogen-bond donors (Lipinski definition) is 0. The van der Waals surface area contributed by atoms with Crippen molar-refractivity contribution in [2.75, 3.05) is 0 Å². The lowest BCUT2D eigenvalue weighted by Crippen LogP contribution is -2.07. The molecule has 20 heavy (non-hydrogen) atoms. The van der Waals surface area contributed by atoms with Crippen molar-refractivity contribution in [3.8, 4) is 0 Å². The Balaban J connectivity index is 1.83. The lowest BCUT2D eigenvalue weighted by Gasteiger charge is -2.10.